The Morgan fingerprint density at radius 3 is 2.70 bits per heavy atom. The van der Waals surface area contributed by atoms with Crippen molar-refractivity contribution in [1.29, 1.82) is 0 Å². The summed E-state index contributed by atoms with van der Waals surface area (Å²) in [6.07, 6.45) is 2.02. The highest BCUT2D eigenvalue weighted by Crippen LogP contribution is 2.44. The van der Waals surface area contributed by atoms with Gasteiger partial charge in [-0.3, -0.25) is 14.4 Å². The second-order valence-electron chi connectivity index (χ2n) is 7.14. The lowest BCUT2D eigenvalue weighted by atomic mass is 9.81. The second-order valence-corrected chi connectivity index (χ2v) is 7.14. The summed E-state index contributed by atoms with van der Waals surface area (Å²) in [5.74, 6) is -0.414. The number of likely N-dealkylation sites (tertiary alicyclic amines) is 1. The highest BCUT2D eigenvalue weighted by Gasteiger charge is 2.52. The van der Waals surface area contributed by atoms with Crippen LogP contribution >= 0.6 is 0 Å². The van der Waals surface area contributed by atoms with E-state index in [1.54, 1.807) is 23.1 Å². The number of para-hydroxylation sites is 2. The Kier molecular flexibility index (Phi) is 3.25. The van der Waals surface area contributed by atoms with Crippen LogP contribution in [-0.4, -0.2) is 34.8 Å². The van der Waals surface area contributed by atoms with E-state index in [1.165, 1.54) is 6.20 Å². The molecule has 0 radical (unpaired) electrons. The zero-order valence-electron chi connectivity index (χ0n) is 14.5. The number of aromatic amines is 1. The lowest BCUT2D eigenvalue weighted by Crippen LogP contribution is -2.40. The first-order valence-corrected chi connectivity index (χ1v) is 8.91. The Morgan fingerprint density at radius 2 is 1.81 bits per heavy atom. The number of H-pyrrole nitrogens is 1. The molecule has 1 aromatic heterocycles. The summed E-state index contributed by atoms with van der Waals surface area (Å²) < 4.78 is 0. The van der Waals surface area contributed by atoms with Crippen LogP contribution in [0.2, 0.25) is 0 Å². The molecular weight excluding hydrogens is 342 g/mol. The van der Waals surface area contributed by atoms with Crippen molar-refractivity contribution in [3.05, 3.63) is 76.1 Å². The van der Waals surface area contributed by atoms with Gasteiger partial charge in [-0.15, -0.1) is 0 Å². The van der Waals surface area contributed by atoms with Gasteiger partial charge in [0.2, 0.25) is 11.3 Å². The van der Waals surface area contributed by atoms with E-state index in [-0.39, 0.29) is 29.4 Å². The van der Waals surface area contributed by atoms with E-state index in [9.17, 15) is 14.4 Å². The molecule has 2 aromatic carbocycles. The number of nitrogens with one attached hydrogen (secondary N) is 2. The molecule has 1 unspecified atom stereocenters. The van der Waals surface area contributed by atoms with Crippen LogP contribution in [0.25, 0.3) is 10.9 Å². The number of nitrogens with zero attached hydrogens (tertiary/aromatic N) is 1. The highest BCUT2D eigenvalue weighted by molar-refractivity contribution is 6.07. The molecule has 2 aliphatic heterocycles. The van der Waals surface area contributed by atoms with Gasteiger partial charge in [0.15, 0.2) is 0 Å². The maximum absolute atomic E-state index is 13.0. The number of carbonyl (C=O) groups excluding carboxylic acids is 2. The first kappa shape index (κ1) is 15.8. The minimum atomic E-state index is -0.726. The number of hydrogen-bond donors (Lipinski definition) is 2. The van der Waals surface area contributed by atoms with Crippen LogP contribution in [0.5, 0.6) is 0 Å². The van der Waals surface area contributed by atoms with Crippen molar-refractivity contribution in [1.82, 2.24) is 9.88 Å². The first-order valence-electron chi connectivity index (χ1n) is 8.91. The van der Waals surface area contributed by atoms with Crippen LogP contribution in [0.15, 0.2) is 59.5 Å². The van der Waals surface area contributed by atoms with Crippen LogP contribution in [-0.2, 0) is 10.2 Å². The minimum Gasteiger partial charge on any atom is -0.360 e. The highest BCUT2D eigenvalue weighted by atomic mass is 16.2. The molecule has 0 aliphatic carbocycles. The smallest absolute Gasteiger partial charge is 0.259 e. The maximum atomic E-state index is 13.0. The molecule has 2 N–H and O–H groups in total. The largest absolute Gasteiger partial charge is 0.360 e. The van der Waals surface area contributed by atoms with Gasteiger partial charge in [0.1, 0.15) is 5.56 Å². The number of rotatable bonds is 1. The number of fused-ring (bicyclic) bond motifs is 3. The molecule has 6 nitrogen and oxygen atoms in total. The van der Waals surface area contributed by atoms with Gasteiger partial charge in [-0.1, -0.05) is 30.3 Å². The average Bonchev–Trinajstić information content (AvgIpc) is 3.25. The van der Waals surface area contributed by atoms with E-state index in [0.29, 0.717) is 23.9 Å². The monoisotopic (exact) mass is 359 g/mol. The number of amides is 2. The van der Waals surface area contributed by atoms with Crippen LogP contribution in [0.1, 0.15) is 22.3 Å². The van der Waals surface area contributed by atoms with Gasteiger partial charge >= 0.3 is 0 Å². The Balaban J connectivity index is 1.51. The quantitative estimate of drug-likeness (QED) is 0.699. The fourth-order valence-corrected chi connectivity index (χ4v) is 4.26. The van der Waals surface area contributed by atoms with Crippen LogP contribution in [0, 0.1) is 0 Å². The van der Waals surface area contributed by atoms with Gasteiger partial charge in [-0.25, -0.2) is 0 Å². The molecule has 2 amide bonds. The van der Waals surface area contributed by atoms with Gasteiger partial charge in [0, 0.05) is 35.9 Å². The molecule has 3 aromatic rings. The van der Waals surface area contributed by atoms with Crippen molar-refractivity contribution in [2.24, 2.45) is 0 Å². The minimum absolute atomic E-state index is 0.0774. The number of pyridine rings is 1. The van der Waals surface area contributed by atoms with Crippen molar-refractivity contribution in [3.63, 3.8) is 0 Å². The van der Waals surface area contributed by atoms with Crippen molar-refractivity contribution in [2.45, 2.75) is 11.8 Å². The van der Waals surface area contributed by atoms with E-state index in [4.69, 9.17) is 0 Å². The van der Waals surface area contributed by atoms with Gasteiger partial charge in [-0.05, 0) is 30.2 Å². The molecule has 0 bridgehead atoms. The number of carbonyl (C=O) groups is 2. The second kappa shape index (κ2) is 5.54. The molecule has 134 valence electrons. The van der Waals surface area contributed by atoms with Crippen molar-refractivity contribution in [2.75, 3.05) is 18.4 Å². The van der Waals surface area contributed by atoms with Crippen molar-refractivity contribution >= 4 is 28.4 Å². The predicted molar refractivity (Wildman–Crippen MR) is 102 cm³/mol. The van der Waals surface area contributed by atoms with Crippen LogP contribution in [0.4, 0.5) is 5.69 Å². The molecule has 2 aliphatic rings. The Hall–Kier alpha value is -3.41. The molecule has 27 heavy (non-hydrogen) atoms. The maximum Gasteiger partial charge on any atom is 0.259 e. The van der Waals surface area contributed by atoms with Gasteiger partial charge in [-0.2, -0.15) is 0 Å². The van der Waals surface area contributed by atoms with E-state index in [2.05, 4.69) is 10.3 Å². The normalized spacial score (nSPS) is 20.9. The number of hydrogen-bond acceptors (Lipinski definition) is 3. The summed E-state index contributed by atoms with van der Waals surface area (Å²) in [6.45, 7) is 0.716. The molecule has 5 rings (SSSR count). The first-order chi connectivity index (χ1) is 13.1. The molecule has 1 saturated heterocycles. The van der Waals surface area contributed by atoms with Crippen molar-refractivity contribution < 1.29 is 9.59 Å². The summed E-state index contributed by atoms with van der Waals surface area (Å²) in [4.78, 5) is 43.1. The summed E-state index contributed by atoms with van der Waals surface area (Å²) in [7, 11) is 0. The fraction of sp³-hybridized carbons (Fsp3) is 0.190. The van der Waals surface area contributed by atoms with E-state index in [1.807, 2.05) is 30.3 Å². The summed E-state index contributed by atoms with van der Waals surface area (Å²) in [5, 5.41) is 3.41. The lowest BCUT2D eigenvalue weighted by Gasteiger charge is -2.22. The van der Waals surface area contributed by atoms with E-state index < -0.39 is 5.41 Å². The molecule has 3 heterocycles. The number of aromatic nitrogens is 1. The molecule has 1 fully saturated rings. The average molecular weight is 359 g/mol. The SMILES string of the molecule is O=C(c1c[nH]c2ccccc2c1=O)N1CCC2(C1)C(=O)Nc1ccccc12. The summed E-state index contributed by atoms with van der Waals surface area (Å²) in [5.41, 5.74) is 1.53. The third-order valence-electron chi connectivity index (χ3n) is 5.70. The zero-order chi connectivity index (χ0) is 18.6. The van der Waals surface area contributed by atoms with Gasteiger partial charge in [0.05, 0.1) is 5.41 Å². The fourth-order valence-electron chi connectivity index (χ4n) is 4.26. The Labute approximate surface area is 154 Å². The molecule has 1 atom stereocenters. The molecular formula is C21H17N3O3. The van der Waals surface area contributed by atoms with Crippen LogP contribution in [0.3, 0.4) is 0 Å². The van der Waals surface area contributed by atoms with E-state index in [0.717, 1.165) is 11.3 Å². The number of benzene rings is 2. The predicted octanol–water partition coefficient (Wildman–Crippen LogP) is 2.26. The topological polar surface area (TPSA) is 82.3 Å². The van der Waals surface area contributed by atoms with Gasteiger partial charge in [0.25, 0.3) is 5.91 Å². The molecule has 6 heteroatoms. The zero-order valence-corrected chi connectivity index (χ0v) is 14.5. The van der Waals surface area contributed by atoms with Gasteiger partial charge < -0.3 is 15.2 Å². The van der Waals surface area contributed by atoms with Crippen molar-refractivity contribution in [3.8, 4) is 0 Å². The summed E-state index contributed by atoms with van der Waals surface area (Å²) in [6, 6.07) is 14.7. The standard InChI is InChI=1S/C21H17N3O3/c25-18-13-5-1-3-7-16(13)22-11-14(18)19(26)24-10-9-21(12-24)15-6-2-4-8-17(15)23-20(21)27/h1-8,11H,9-10,12H2,(H,22,25)(H,23,27). The Morgan fingerprint density at radius 1 is 1.04 bits per heavy atom. The van der Waals surface area contributed by atoms with E-state index >= 15 is 0 Å². The third-order valence-corrected chi connectivity index (χ3v) is 5.70. The summed E-state index contributed by atoms with van der Waals surface area (Å²) >= 11 is 0. The molecule has 1 spiro atoms. The van der Waals surface area contributed by atoms with Crippen LogP contribution < -0.4 is 10.7 Å². The Bertz CT molecular complexity index is 1170. The lowest BCUT2D eigenvalue weighted by molar-refractivity contribution is -0.120. The molecule has 0 saturated carbocycles. The number of anilines is 1. The third kappa shape index (κ3) is 2.16.